The third-order valence-corrected chi connectivity index (χ3v) is 1.01. The average Bonchev–Trinajstić information content (AvgIpc) is 2.64. The summed E-state index contributed by atoms with van der Waals surface area (Å²) in [5, 5.41) is 0. The molecular weight excluding hydrogens is 170 g/mol. The summed E-state index contributed by atoms with van der Waals surface area (Å²) < 4.78 is 4.47. The highest BCUT2D eigenvalue weighted by Gasteiger charge is 1.59. The Hall–Kier alpha value is -1.22. The summed E-state index contributed by atoms with van der Waals surface area (Å²) in [6.45, 7) is 0. The van der Waals surface area contributed by atoms with E-state index in [0.29, 0.717) is 0 Å². The van der Waals surface area contributed by atoms with Crippen molar-refractivity contribution >= 4 is 13.5 Å². The smallest absolute Gasteiger partial charge is 0.180 e. The van der Waals surface area contributed by atoms with Crippen molar-refractivity contribution in [2.24, 2.45) is 0 Å². The van der Waals surface area contributed by atoms with Crippen LogP contribution in [0.2, 0.25) is 0 Å². The summed E-state index contributed by atoms with van der Waals surface area (Å²) in [5.74, 6) is 0. The number of aromatic nitrogens is 1. The molecule has 2 nitrogen and oxygen atoms in total. The third kappa shape index (κ3) is 5.56. The van der Waals surface area contributed by atoms with Crippen LogP contribution in [-0.2, 0) is 0 Å². The minimum absolute atomic E-state index is 0. The monoisotopic (exact) mass is 181 g/mol. The molecule has 3 heteroatoms. The first-order valence-electron chi connectivity index (χ1n) is 3.32. The number of hydrogen-bond acceptors (Lipinski definition) is 2. The van der Waals surface area contributed by atoms with E-state index in [9.17, 15) is 0 Å². The van der Waals surface area contributed by atoms with Crippen LogP contribution < -0.4 is 0 Å². The average molecular weight is 181 g/mol. The second-order valence-corrected chi connectivity index (χ2v) is 1.83. The van der Waals surface area contributed by atoms with Crippen LogP contribution in [0.1, 0.15) is 0 Å². The first kappa shape index (κ1) is 10.8. The second kappa shape index (κ2) is 7.88. The molecule has 0 saturated heterocycles. The zero-order valence-corrected chi connectivity index (χ0v) is 7.55. The van der Waals surface area contributed by atoms with Crippen LogP contribution in [0.15, 0.2) is 59.7 Å². The van der Waals surface area contributed by atoms with Gasteiger partial charge in [0, 0.05) is 0 Å². The van der Waals surface area contributed by atoms with E-state index >= 15 is 0 Å². The van der Waals surface area contributed by atoms with Crippen molar-refractivity contribution in [2.45, 2.75) is 0 Å². The summed E-state index contributed by atoms with van der Waals surface area (Å²) in [6.07, 6.45) is 4.47. The zero-order chi connectivity index (χ0) is 7.78. The Labute approximate surface area is 78.7 Å². The van der Waals surface area contributed by atoms with Crippen LogP contribution in [0.3, 0.4) is 0 Å². The first-order valence-corrected chi connectivity index (χ1v) is 3.32. The minimum Gasteiger partial charge on any atom is -0.452 e. The maximum Gasteiger partial charge on any atom is 0.180 e. The van der Waals surface area contributed by atoms with Crippen LogP contribution in [-0.4, -0.2) is 4.98 Å². The number of rotatable bonds is 0. The van der Waals surface area contributed by atoms with Crippen LogP contribution in [0.4, 0.5) is 0 Å². The van der Waals surface area contributed by atoms with Gasteiger partial charge in [-0.1, -0.05) is 36.4 Å². The lowest BCUT2D eigenvalue weighted by molar-refractivity contribution is 0.558. The molecule has 1 aromatic carbocycles. The molecule has 1 heterocycles. The molecule has 2 aromatic rings. The van der Waals surface area contributed by atoms with E-state index in [1.807, 2.05) is 36.4 Å². The summed E-state index contributed by atoms with van der Waals surface area (Å²) >= 11 is 0. The number of nitrogens with zero attached hydrogens (tertiary/aromatic N) is 1. The molecule has 0 aliphatic heterocycles. The lowest BCUT2D eigenvalue weighted by Crippen LogP contribution is -1.47. The van der Waals surface area contributed by atoms with Crippen molar-refractivity contribution in [1.29, 1.82) is 0 Å². The van der Waals surface area contributed by atoms with Gasteiger partial charge in [0.1, 0.15) is 6.26 Å². The van der Waals surface area contributed by atoms with E-state index in [1.165, 1.54) is 12.7 Å². The van der Waals surface area contributed by atoms with Crippen molar-refractivity contribution in [3.63, 3.8) is 0 Å². The van der Waals surface area contributed by atoms with E-state index in [-0.39, 0.29) is 13.5 Å². The van der Waals surface area contributed by atoms with Gasteiger partial charge in [-0.15, -0.1) is 0 Å². The van der Waals surface area contributed by atoms with Gasteiger partial charge in [-0.25, -0.2) is 4.98 Å². The van der Waals surface area contributed by atoms with Gasteiger partial charge in [-0.05, 0) is 0 Å². The molecule has 0 aliphatic rings. The van der Waals surface area contributed by atoms with E-state index in [2.05, 4.69) is 9.40 Å². The Balaban J connectivity index is 0.000000189. The lowest BCUT2D eigenvalue weighted by Gasteiger charge is -1.69. The van der Waals surface area contributed by atoms with Crippen molar-refractivity contribution in [3.8, 4) is 0 Å². The molecule has 0 saturated carbocycles. The van der Waals surface area contributed by atoms with Gasteiger partial charge in [0.25, 0.3) is 0 Å². The quantitative estimate of drug-likeness (QED) is 0.624. The topological polar surface area (TPSA) is 26.0 Å². The molecule has 0 N–H and O–H groups in total. The zero-order valence-electron chi connectivity index (χ0n) is 6.55. The molecule has 64 valence electrons. The summed E-state index contributed by atoms with van der Waals surface area (Å²) in [7, 11) is 0. The van der Waals surface area contributed by atoms with Gasteiger partial charge < -0.3 is 4.42 Å². The summed E-state index contributed by atoms with van der Waals surface area (Å²) in [4.78, 5) is 3.56. The molecule has 2 rings (SSSR count). The van der Waals surface area contributed by atoms with Gasteiger partial charge in [0.05, 0.1) is 6.20 Å². The van der Waals surface area contributed by atoms with Crippen molar-refractivity contribution in [2.75, 3.05) is 0 Å². The first-order chi connectivity index (χ1) is 5.50. The Morgan fingerprint density at radius 2 is 1.33 bits per heavy atom. The normalized spacial score (nSPS) is 7.33. The molecule has 0 unspecified atom stereocenters. The van der Waals surface area contributed by atoms with E-state index in [1.54, 1.807) is 6.20 Å². The van der Waals surface area contributed by atoms with Crippen LogP contribution in [0, 0.1) is 0 Å². The standard InChI is InChI=1S/C6H6.C3H3NO.H2S/c1-2-4-6-5-3-1;1-2-5-3-4-1;/h1-6H;1-3H;1H2. The largest absolute Gasteiger partial charge is 0.452 e. The molecule has 0 amide bonds. The Bertz CT molecular complexity index is 200. The SMILES string of the molecule is S.c1ccccc1.c1cocn1. The molecule has 0 atom stereocenters. The van der Waals surface area contributed by atoms with Gasteiger partial charge in [0.15, 0.2) is 6.39 Å². The molecule has 0 fully saturated rings. The Morgan fingerprint density at radius 1 is 0.833 bits per heavy atom. The van der Waals surface area contributed by atoms with Crippen LogP contribution in [0.25, 0.3) is 0 Å². The Kier molecular flexibility index (Phi) is 7.08. The summed E-state index contributed by atoms with van der Waals surface area (Å²) in [5.41, 5.74) is 0. The fourth-order valence-electron chi connectivity index (χ4n) is 0.561. The van der Waals surface area contributed by atoms with Gasteiger partial charge >= 0.3 is 0 Å². The molecule has 12 heavy (non-hydrogen) atoms. The number of hydrogen-bond donors (Lipinski definition) is 0. The highest BCUT2D eigenvalue weighted by Crippen LogP contribution is 1.79. The van der Waals surface area contributed by atoms with Crippen LogP contribution >= 0.6 is 13.5 Å². The minimum atomic E-state index is 0. The molecular formula is C9H11NOS. The van der Waals surface area contributed by atoms with Gasteiger partial charge in [0.2, 0.25) is 0 Å². The predicted molar refractivity (Wildman–Crippen MR) is 53.3 cm³/mol. The molecule has 0 radical (unpaired) electrons. The predicted octanol–water partition coefficient (Wildman–Crippen LogP) is 2.47. The highest BCUT2D eigenvalue weighted by atomic mass is 32.1. The lowest BCUT2D eigenvalue weighted by atomic mass is 10.4. The van der Waals surface area contributed by atoms with E-state index < -0.39 is 0 Å². The second-order valence-electron chi connectivity index (χ2n) is 1.83. The van der Waals surface area contributed by atoms with E-state index in [0.717, 1.165) is 0 Å². The van der Waals surface area contributed by atoms with E-state index in [4.69, 9.17) is 0 Å². The molecule has 0 aliphatic carbocycles. The highest BCUT2D eigenvalue weighted by molar-refractivity contribution is 7.59. The summed E-state index contributed by atoms with van der Waals surface area (Å²) in [6, 6.07) is 12.0. The molecule has 0 spiro atoms. The maximum atomic E-state index is 4.47. The molecule has 1 aromatic heterocycles. The number of oxazole rings is 1. The Morgan fingerprint density at radius 3 is 1.50 bits per heavy atom. The maximum absolute atomic E-state index is 4.47. The fourth-order valence-corrected chi connectivity index (χ4v) is 0.561. The van der Waals surface area contributed by atoms with Crippen LogP contribution in [0.5, 0.6) is 0 Å². The molecule has 0 bridgehead atoms. The van der Waals surface area contributed by atoms with Crippen molar-refractivity contribution < 1.29 is 4.42 Å². The number of benzene rings is 1. The van der Waals surface area contributed by atoms with Gasteiger partial charge in [-0.2, -0.15) is 13.5 Å². The van der Waals surface area contributed by atoms with Crippen molar-refractivity contribution in [1.82, 2.24) is 4.98 Å². The third-order valence-electron chi connectivity index (χ3n) is 1.01. The van der Waals surface area contributed by atoms with Gasteiger partial charge in [-0.3, -0.25) is 0 Å². The fraction of sp³-hybridized carbons (Fsp3) is 0. The van der Waals surface area contributed by atoms with Crippen molar-refractivity contribution in [3.05, 3.63) is 55.3 Å².